The number of hydrogen-bond donors (Lipinski definition) is 6. The van der Waals surface area contributed by atoms with Crippen molar-refractivity contribution in [2.24, 2.45) is 0 Å². The summed E-state index contributed by atoms with van der Waals surface area (Å²) in [6, 6.07) is 0. The Labute approximate surface area is 148 Å². The molecule has 12 nitrogen and oxygen atoms in total. The number of carbonyl (C=O) groups is 6. The second-order valence-corrected chi connectivity index (χ2v) is 3.86. The van der Waals surface area contributed by atoms with Crippen LogP contribution in [0.4, 0.5) is 0 Å². The van der Waals surface area contributed by atoms with E-state index in [1.807, 2.05) is 0 Å². The maximum Gasteiger partial charge on any atom is 0.220 e. The molecular weight excluding hydrogens is 360 g/mol. The maximum atomic E-state index is 10.1. The zero-order valence-corrected chi connectivity index (χ0v) is 13.8. The Bertz CT molecular complexity index is 374. The molecule has 0 saturated heterocycles. The molecule has 0 aromatic carbocycles. The van der Waals surface area contributed by atoms with Crippen LogP contribution >= 0.6 is 0 Å². The van der Waals surface area contributed by atoms with Crippen molar-refractivity contribution in [1.82, 2.24) is 0 Å². The number of aliphatic hydroxyl groups excluding tert-OH is 6. The Balaban J connectivity index is -0.000000125. The van der Waals surface area contributed by atoms with E-state index < -0.39 is 50.2 Å². The average molecular weight is 384 g/mol. The third kappa shape index (κ3) is 33.4. The SMILES string of the molecule is O=C(CO)C(O)CO.O=CC(=O)CO.O=CC(O)CO.O=CCCC=O. The Morgan fingerprint density at radius 2 is 1.23 bits per heavy atom. The summed E-state index contributed by atoms with van der Waals surface area (Å²) in [6.45, 7) is -2.51. The van der Waals surface area contributed by atoms with Crippen LogP contribution in [0.25, 0.3) is 0 Å². The smallest absolute Gasteiger partial charge is 0.220 e. The summed E-state index contributed by atoms with van der Waals surface area (Å²) >= 11 is 0. The number of carbonyl (C=O) groups excluding carboxylic acids is 6. The van der Waals surface area contributed by atoms with Crippen LogP contribution in [0, 0.1) is 0 Å². The van der Waals surface area contributed by atoms with Crippen LogP contribution in [0.15, 0.2) is 0 Å². The molecule has 0 amide bonds. The lowest BCUT2D eigenvalue weighted by atomic mass is 10.3. The highest BCUT2D eigenvalue weighted by Crippen LogP contribution is 1.80. The van der Waals surface area contributed by atoms with Gasteiger partial charge in [0.25, 0.3) is 0 Å². The lowest BCUT2D eigenvalue weighted by Crippen LogP contribution is -2.26. The zero-order valence-electron chi connectivity index (χ0n) is 13.8. The number of aldehydes is 4. The van der Waals surface area contributed by atoms with Gasteiger partial charge in [-0.1, -0.05) is 0 Å². The van der Waals surface area contributed by atoms with Crippen LogP contribution in [0.2, 0.25) is 0 Å². The summed E-state index contributed by atoms with van der Waals surface area (Å²) in [5, 5.41) is 48.1. The first-order valence-electron chi connectivity index (χ1n) is 6.88. The molecule has 2 atom stereocenters. The fourth-order valence-electron chi connectivity index (χ4n) is 0.424. The minimum Gasteiger partial charge on any atom is -0.393 e. The van der Waals surface area contributed by atoms with E-state index in [9.17, 15) is 28.8 Å². The summed E-state index contributed by atoms with van der Waals surface area (Å²) in [7, 11) is 0. The van der Waals surface area contributed by atoms with Gasteiger partial charge >= 0.3 is 0 Å². The highest BCUT2D eigenvalue weighted by Gasteiger charge is 2.10. The van der Waals surface area contributed by atoms with Crippen molar-refractivity contribution >= 4 is 36.7 Å². The predicted molar refractivity (Wildman–Crippen MR) is 83.9 cm³/mol. The van der Waals surface area contributed by atoms with E-state index in [0.29, 0.717) is 12.8 Å². The molecule has 0 saturated carbocycles. The molecule has 26 heavy (non-hydrogen) atoms. The molecule has 0 rings (SSSR count). The van der Waals surface area contributed by atoms with Crippen LogP contribution in [0.1, 0.15) is 12.8 Å². The van der Waals surface area contributed by atoms with E-state index in [0.717, 1.165) is 12.6 Å². The molecule has 0 radical (unpaired) electrons. The molecule has 12 heteroatoms. The summed E-state index contributed by atoms with van der Waals surface area (Å²) in [5.41, 5.74) is 0. The molecule has 0 aliphatic heterocycles. The fourth-order valence-corrected chi connectivity index (χ4v) is 0.424. The van der Waals surface area contributed by atoms with Gasteiger partial charge in [-0.2, -0.15) is 0 Å². The summed E-state index contributed by atoms with van der Waals surface area (Å²) in [4.78, 5) is 57.0. The Morgan fingerprint density at radius 3 is 1.31 bits per heavy atom. The monoisotopic (exact) mass is 384 g/mol. The minimum absolute atomic E-state index is 0.0833. The van der Waals surface area contributed by atoms with E-state index in [1.165, 1.54) is 0 Å². The molecular formula is C14H24O12. The molecule has 0 aromatic rings. The van der Waals surface area contributed by atoms with Crippen LogP contribution < -0.4 is 0 Å². The zero-order chi connectivity index (χ0) is 21.4. The number of Topliss-reactive ketones (excluding diaryl/α,β-unsaturated/α-hetero) is 2. The predicted octanol–water partition coefficient (Wildman–Crippen LogP) is -4.65. The first-order valence-corrected chi connectivity index (χ1v) is 6.88. The van der Waals surface area contributed by atoms with Gasteiger partial charge in [-0.3, -0.25) is 14.4 Å². The second kappa shape index (κ2) is 27.6. The van der Waals surface area contributed by atoms with Crippen LogP contribution in [-0.2, 0) is 28.8 Å². The second-order valence-electron chi connectivity index (χ2n) is 3.86. The van der Waals surface area contributed by atoms with Crippen LogP contribution in [-0.4, -0.2) is 106 Å². The van der Waals surface area contributed by atoms with E-state index in [-0.39, 0.29) is 12.6 Å². The van der Waals surface area contributed by atoms with Gasteiger partial charge in [-0.15, -0.1) is 0 Å². The van der Waals surface area contributed by atoms with Crippen molar-refractivity contribution in [1.29, 1.82) is 0 Å². The van der Waals surface area contributed by atoms with Crippen molar-refractivity contribution in [2.75, 3.05) is 26.4 Å². The van der Waals surface area contributed by atoms with Gasteiger partial charge in [-0.05, 0) is 0 Å². The Hall–Kier alpha value is -2.22. The molecule has 0 bridgehead atoms. The quantitative estimate of drug-likeness (QED) is 0.119. The van der Waals surface area contributed by atoms with E-state index >= 15 is 0 Å². The molecule has 152 valence electrons. The Kier molecular flexibility index (Phi) is 33.5. The van der Waals surface area contributed by atoms with Gasteiger partial charge < -0.3 is 45.0 Å². The number of unbranched alkanes of at least 4 members (excludes halogenated alkanes) is 1. The van der Waals surface area contributed by atoms with E-state index in [4.69, 9.17) is 30.6 Å². The summed E-state index contributed by atoms with van der Waals surface area (Å²) < 4.78 is 0. The van der Waals surface area contributed by atoms with Crippen molar-refractivity contribution in [2.45, 2.75) is 25.0 Å². The average Bonchev–Trinajstić information content (AvgIpc) is 2.70. The third-order valence-corrected chi connectivity index (χ3v) is 1.73. The van der Waals surface area contributed by atoms with E-state index in [2.05, 4.69) is 0 Å². The number of ketones is 2. The van der Waals surface area contributed by atoms with Gasteiger partial charge in [-0.25, -0.2) is 0 Å². The highest BCUT2D eigenvalue weighted by molar-refractivity contribution is 6.25. The number of aliphatic hydroxyl groups is 6. The minimum atomic E-state index is -1.42. The number of rotatable bonds is 10. The maximum absolute atomic E-state index is 10.1. The molecule has 0 aliphatic rings. The largest absolute Gasteiger partial charge is 0.393 e. The van der Waals surface area contributed by atoms with Gasteiger partial charge in [0, 0.05) is 12.8 Å². The van der Waals surface area contributed by atoms with Crippen molar-refractivity contribution < 1.29 is 59.4 Å². The molecule has 0 heterocycles. The Morgan fingerprint density at radius 1 is 0.769 bits per heavy atom. The fraction of sp³-hybridized carbons (Fsp3) is 0.571. The lowest BCUT2D eigenvalue weighted by molar-refractivity contribution is -0.131. The van der Waals surface area contributed by atoms with Crippen LogP contribution in [0.5, 0.6) is 0 Å². The first kappa shape index (κ1) is 31.5. The normalized spacial score (nSPS) is 10.7. The van der Waals surface area contributed by atoms with Crippen molar-refractivity contribution in [3.8, 4) is 0 Å². The molecule has 6 N–H and O–H groups in total. The van der Waals surface area contributed by atoms with E-state index in [1.54, 1.807) is 0 Å². The number of hydrogen-bond acceptors (Lipinski definition) is 12. The summed E-state index contributed by atoms with van der Waals surface area (Å²) in [6.07, 6.45) is -0.0551. The third-order valence-electron chi connectivity index (χ3n) is 1.73. The van der Waals surface area contributed by atoms with Gasteiger partial charge in [0.15, 0.2) is 18.4 Å². The molecule has 0 fully saturated rings. The summed E-state index contributed by atoms with van der Waals surface area (Å²) in [5.74, 6) is -1.54. The van der Waals surface area contributed by atoms with Crippen molar-refractivity contribution in [3.63, 3.8) is 0 Å². The topological polar surface area (TPSA) is 224 Å². The first-order chi connectivity index (χ1) is 12.2. The van der Waals surface area contributed by atoms with Gasteiger partial charge in [0.2, 0.25) is 5.78 Å². The van der Waals surface area contributed by atoms with Crippen molar-refractivity contribution in [3.05, 3.63) is 0 Å². The van der Waals surface area contributed by atoms with Gasteiger partial charge in [0.05, 0.1) is 13.2 Å². The molecule has 0 spiro atoms. The lowest BCUT2D eigenvalue weighted by Gasteiger charge is -2.00. The van der Waals surface area contributed by atoms with Crippen LogP contribution in [0.3, 0.4) is 0 Å². The molecule has 0 aromatic heterocycles. The molecule has 2 unspecified atom stereocenters. The van der Waals surface area contributed by atoms with Gasteiger partial charge in [0.1, 0.15) is 38.0 Å². The highest BCUT2D eigenvalue weighted by atomic mass is 16.3. The molecule has 0 aliphatic carbocycles. The standard InChI is InChI=1S/C4H8O4.C4H6O2.C3H6O3.C3H4O3/c5-1-3(7)4(8)2-6;5-3-1-2-4-6;2*4-1-3(6)2-5/h3,5-7H,1-2H2;3-4H,1-2H2;1,3,5-6H,2H2;1,5H,2H2.